The van der Waals surface area contributed by atoms with E-state index in [1.54, 1.807) is 0 Å². The lowest BCUT2D eigenvalue weighted by Gasteiger charge is -2.54. The Balaban J connectivity index is 1.52. The van der Waals surface area contributed by atoms with Crippen molar-refractivity contribution in [2.45, 2.75) is 44.6 Å². The summed E-state index contributed by atoms with van der Waals surface area (Å²) in [6, 6.07) is 0. The molecule has 0 radical (unpaired) electrons. The molecule has 4 aliphatic rings. The molecule has 0 spiro atoms. The van der Waals surface area contributed by atoms with E-state index in [1.807, 2.05) is 0 Å². The SMILES string of the molecule is NNC(=O)CCOC1C2CC3CC(C2)CC1C3. The summed E-state index contributed by atoms with van der Waals surface area (Å²) in [5, 5.41) is 0. The Morgan fingerprint density at radius 3 is 2.24 bits per heavy atom. The third kappa shape index (κ3) is 2.20. The van der Waals surface area contributed by atoms with Crippen LogP contribution in [-0.4, -0.2) is 18.6 Å². The van der Waals surface area contributed by atoms with E-state index in [-0.39, 0.29) is 5.91 Å². The van der Waals surface area contributed by atoms with Crippen LogP contribution in [0.3, 0.4) is 0 Å². The van der Waals surface area contributed by atoms with Crippen molar-refractivity contribution in [1.82, 2.24) is 5.43 Å². The second-order valence-electron chi connectivity index (χ2n) is 6.08. The quantitative estimate of drug-likeness (QED) is 0.439. The zero-order valence-electron chi connectivity index (χ0n) is 10.2. The Hall–Kier alpha value is -0.610. The van der Waals surface area contributed by atoms with Crippen LogP contribution in [0, 0.1) is 23.7 Å². The lowest BCUT2D eigenvalue weighted by molar-refractivity contribution is -0.135. The summed E-state index contributed by atoms with van der Waals surface area (Å²) >= 11 is 0. The highest BCUT2D eigenvalue weighted by Crippen LogP contribution is 2.54. The molecule has 4 heteroatoms. The lowest BCUT2D eigenvalue weighted by atomic mass is 9.55. The van der Waals surface area contributed by atoms with Gasteiger partial charge in [-0.15, -0.1) is 0 Å². The molecule has 0 aromatic carbocycles. The van der Waals surface area contributed by atoms with Crippen LogP contribution in [0.15, 0.2) is 0 Å². The molecule has 4 rings (SSSR count). The Morgan fingerprint density at radius 1 is 1.12 bits per heavy atom. The number of ether oxygens (including phenoxy) is 1. The molecule has 0 heterocycles. The molecule has 0 aromatic heterocycles. The van der Waals surface area contributed by atoms with Gasteiger partial charge in [-0.25, -0.2) is 5.84 Å². The zero-order valence-corrected chi connectivity index (χ0v) is 10.2. The molecule has 1 amide bonds. The summed E-state index contributed by atoms with van der Waals surface area (Å²) in [6.07, 6.45) is 7.73. The molecular weight excluding hydrogens is 216 g/mol. The number of amides is 1. The molecule has 0 unspecified atom stereocenters. The van der Waals surface area contributed by atoms with Crippen LogP contribution >= 0.6 is 0 Å². The molecule has 4 fully saturated rings. The maximum absolute atomic E-state index is 11.0. The van der Waals surface area contributed by atoms with E-state index in [0.29, 0.717) is 19.1 Å². The predicted molar refractivity (Wildman–Crippen MR) is 63.7 cm³/mol. The van der Waals surface area contributed by atoms with E-state index in [0.717, 1.165) is 23.7 Å². The van der Waals surface area contributed by atoms with Gasteiger partial charge in [0.1, 0.15) is 0 Å². The number of carbonyl (C=O) groups excluding carboxylic acids is 1. The minimum absolute atomic E-state index is 0.131. The van der Waals surface area contributed by atoms with Crippen molar-refractivity contribution in [3.63, 3.8) is 0 Å². The summed E-state index contributed by atoms with van der Waals surface area (Å²) in [6.45, 7) is 0.524. The first-order chi connectivity index (χ1) is 8.26. The van der Waals surface area contributed by atoms with Gasteiger partial charge in [-0.05, 0) is 55.8 Å². The van der Waals surface area contributed by atoms with Crippen LogP contribution in [0.1, 0.15) is 38.5 Å². The van der Waals surface area contributed by atoms with E-state index >= 15 is 0 Å². The van der Waals surface area contributed by atoms with Gasteiger partial charge in [-0.1, -0.05) is 0 Å². The first-order valence-electron chi connectivity index (χ1n) is 6.87. The van der Waals surface area contributed by atoms with Crippen molar-refractivity contribution in [3.8, 4) is 0 Å². The van der Waals surface area contributed by atoms with Crippen LogP contribution in [-0.2, 0) is 9.53 Å². The van der Waals surface area contributed by atoms with Gasteiger partial charge in [0.2, 0.25) is 5.91 Å². The number of carbonyl (C=O) groups is 1. The van der Waals surface area contributed by atoms with Gasteiger partial charge in [0, 0.05) is 0 Å². The molecule has 4 bridgehead atoms. The van der Waals surface area contributed by atoms with Gasteiger partial charge in [-0.3, -0.25) is 10.2 Å². The largest absolute Gasteiger partial charge is 0.377 e. The van der Waals surface area contributed by atoms with Crippen LogP contribution in [0.4, 0.5) is 0 Å². The van der Waals surface area contributed by atoms with Crippen molar-refractivity contribution >= 4 is 5.91 Å². The van der Waals surface area contributed by atoms with Crippen molar-refractivity contribution in [1.29, 1.82) is 0 Å². The van der Waals surface area contributed by atoms with Gasteiger partial charge >= 0.3 is 0 Å². The predicted octanol–water partition coefficient (Wildman–Crippen LogP) is 1.21. The van der Waals surface area contributed by atoms with E-state index in [1.165, 1.54) is 32.1 Å². The van der Waals surface area contributed by atoms with E-state index in [2.05, 4.69) is 5.43 Å². The zero-order chi connectivity index (χ0) is 11.8. The number of hydrogen-bond acceptors (Lipinski definition) is 3. The molecule has 0 atom stereocenters. The number of nitrogens with one attached hydrogen (secondary N) is 1. The maximum atomic E-state index is 11.0. The summed E-state index contributed by atoms with van der Waals surface area (Å²) in [5.74, 6) is 8.42. The summed E-state index contributed by atoms with van der Waals surface area (Å²) in [7, 11) is 0. The van der Waals surface area contributed by atoms with Gasteiger partial charge in [-0.2, -0.15) is 0 Å². The van der Waals surface area contributed by atoms with Crippen LogP contribution < -0.4 is 11.3 Å². The van der Waals surface area contributed by atoms with Crippen molar-refractivity contribution in [2.75, 3.05) is 6.61 Å². The summed E-state index contributed by atoms with van der Waals surface area (Å²) in [5.41, 5.74) is 2.15. The fourth-order valence-corrected chi connectivity index (χ4v) is 4.51. The Morgan fingerprint density at radius 2 is 1.71 bits per heavy atom. The average molecular weight is 238 g/mol. The maximum Gasteiger partial charge on any atom is 0.236 e. The second kappa shape index (κ2) is 4.58. The molecule has 3 N–H and O–H groups in total. The molecule has 0 aliphatic heterocycles. The summed E-state index contributed by atoms with van der Waals surface area (Å²) in [4.78, 5) is 11.0. The normalized spacial score (nSPS) is 42.8. The minimum Gasteiger partial charge on any atom is -0.377 e. The number of nitrogens with two attached hydrogens (primary N) is 1. The molecule has 0 saturated heterocycles. The monoisotopic (exact) mass is 238 g/mol. The smallest absolute Gasteiger partial charge is 0.236 e. The average Bonchev–Trinajstić information content (AvgIpc) is 2.31. The van der Waals surface area contributed by atoms with Gasteiger partial charge in [0.25, 0.3) is 0 Å². The van der Waals surface area contributed by atoms with E-state index in [9.17, 15) is 4.79 Å². The Kier molecular flexibility index (Phi) is 3.09. The number of hydrogen-bond donors (Lipinski definition) is 2. The number of hydrazine groups is 1. The topological polar surface area (TPSA) is 64.3 Å². The van der Waals surface area contributed by atoms with Gasteiger partial charge in [0.05, 0.1) is 19.1 Å². The fourth-order valence-electron chi connectivity index (χ4n) is 4.51. The molecule has 96 valence electrons. The third-order valence-electron chi connectivity index (χ3n) is 4.94. The van der Waals surface area contributed by atoms with Crippen molar-refractivity contribution in [3.05, 3.63) is 0 Å². The van der Waals surface area contributed by atoms with Crippen molar-refractivity contribution in [2.24, 2.45) is 29.5 Å². The first-order valence-corrected chi connectivity index (χ1v) is 6.87. The van der Waals surface area contributed by atoms with Crippen LogP contribution in [0.5, 0.6) is 0 Å². The van der Waals surface area contributed by atoms with Crippen LogP contribution in [0.25, 0.3) is 0 Å². The standard InChI is InChI=1S/C13H22N2O2/c14-15-12(16)1-2-17-13-10-4-8-3-9(6-10)7-11(13)5-8/h8-11,13H,1-7,14H2,(H,15,16). The molecule has 17 heavy (non-hydrogen) atoms. The highest BCUT2D eigenvalue weighted by atomic mass is 16.5. The first kappa shape index (κ1) is 11.5. The fraction of sp³-hybridized carbons (Fsp3) is 0.923. The van der Waals surface area contributed by atoms with Crippen molar-refractivity contribution < 1.29 is 9.53 Å². The molecule has 4 nitrogen and oxygen atoms in total. The Bertz CT molecular complexity index is 278. The molecule has 0 aromatic rings. The molecular formula is C13H22N2O2. The van der Waals surface area contributed by atoms with Crippen LogP contribution in [0.2, 0.25) is 0 Å². The highest BCUT2D eigenvalue weighted by molar-refractivity contribution is 5.75. The van der Waals surface area contributed by atoms with Gasteiger partial charge in [0.15, 0.2) is 0 Å². The lowest BCUT2D eigenvalue weighted by Crippen LogP contribution is -2.49. The highest BCUT2D eigenvalue weighted by Gasteiger charge is 2.48. The second-order valence-corrected chi connectivity index (χ2v) is 6.08. The number of rotatable bonds is 4. The van der Waals surface area contributed by atoms with E-state index < -0.39 is 0 Å². The van der Waals surface area contributed by atoms with Gasteiger partial charge < -0.3 is 4.74 Å². The summed E-state index contributed by atoms with van der Waals surface area (Å²) < 4.78 is 5.97. The van der Waals surface area contributed by atoms with E-state index in [4.69, 9.17) is 10.6 Å². The third-order valence-corrected chi connectivity index (χ3v) is 4.94. The molecule has 4 saturated carbocycles. The molecule has 4 aliphatic carbocycles. The Labute approximate surface area is 102 Å². The minimum atomic E-state index is -0.131.